The van der Waals surface area contributed by atoms with E-state index in [1.165, 1.54) is 18.2 Å². The lowest BCUT2D eigenvalue weighted by atomic mass is 10.2. The van der Waals surface area contributed by atoms with Crippen LogP contribution in [0.25, 0.3) is 0 Å². The van der Waals surface area contributed by atoms with Crippen molar-refractivity contribution in [2.45, 2.75) is 6.54 Å². The van der Waals surface area contributed by atoms with Crippen LogP contribution in [0.1, 0.15) is 5.56 Å². The molecule has 1 saturated heterocycles. The third-order valence-electron chi connectivity index (χ3n) is 4.56. The number of anilines is 1. The van der Waals surface area contributed by atoms with Gasteiger partial charge in [-0.25, -0.2) is 4.39 Å². The average molecular weight is 372 g/mol. The molecule has 0 saturated carbocycles. The van der Waals surface area contributed by atoms with Crippen LogP contribution in [0, 0.1) is 15.9 Å². The van der Waals surface area contributed by atoms with Crippen molar-refractivity contribution in [1.29, 1.82) is 0 Å². The van der Waals surface area contributed by atoms with Crippen LogP contribution in [0.4, 0.5) is 15.8 Å². The van der Waals surface area contributed by atoms with Gasteiger partial charge in [0.05, 0.1) is 11.5 Å². The summed E-state index contributed by atoms with van der Waals surface area (Å²) in [5, 5.41) is 14.0. The van der Waals surface area contributed by atoms with Gasteiger partial charge >= 0.3 is 0 Å². The van der Waals surface area contributed by atoms with Crippen LogP contribution < -0.4 is 10.2 Å². The maximum atomic E-state index is 12.9. The van der Waals surface area contributed by atoms with Crippen LogP contribution in [0.3, 0.4) is 0 Å². The van der Waals surface area contributed by atoms with Crippen molar-refractivity contribution >= 4 is 17.3 Å². The second-order valence-electron chi connectivity index (χ2n) is 6.41. The number of nitro benzene ring substituents is 1. The Morgan fingerprint density at radius 2 is 1.74 bits per heavy atom. The number of amides is 1. The normalized spacial score (nSPS) is 14.8. The minimum atomic E-state index is -0.370. The largest absolute Gasteiger partial charge is 0.363 e. The minimum Gasteiger partial charge on any atom is -0.363 e. The smallest absolute Gasteiger partial charge is 0.292 e. The lowest BCUT2D eigenvalue weighted by molar-refractivity contribution is -0.384. The first-order valence-corrected chi connectivity index (χ1v) is 8.75. The molecule has 1 fully saturated rings. The number of benzene rings is 2. The fourth-order valence-corrected chi connectivity index (χ4v) is 3.09. The Morgan fingerprint density at radius 3 is 2.41 bits per heavy atom. The number of nitrogens with one attached hydrogen (secondary N) is 1. The van der Waals surface area contributed by atoms with Gasteiger partial charge in [0.2, 0.25) is 5.91 Å². The van der Waals surface area contributed by atoms with Gasteiger partial charge in [-0.2, -0.15) is 0 Å². The quantitative estimate of drug-likeness (QED) is 0.621. The highest BCUT2D eigenvalue weighted by molar-refractivity contribution is 5.78. The monoisotopic (exact) mass is 372 g/mol. The van der Waals surface area contributed by atoms with Crippen molar-refractivity contribution in [3.05, 3.63) is 70.0 Å². The molecule has 3 rings (SSSR count). The van der Waals surface area contributed by atoms with Crippen molar-refractivity contribution in [2.24, 2.45) is 0 Å². The van der Waals surface area contributed by atoms with Crippen LogP contribution in [0.5, 0.6) is 0 Å². The molecular weight excluding hydrogens is 351 g/mol. The predicted molar refractivity (Wildman–Crippen MR) is 100.0 cm³/mol. The molecule has 0 radical (unpaired) electrons. The number of piperazine rings is 1. The summed E-state index contributed by atoms with van der Waals surface area (Å²) in [5.41, 5.74) is 1.55. The predicted octanol–water partition coefficient (Wildman–Crippen LogP) is 2.17. The molecule has 7 nitrogen and oxygen atoms in total. The van der Waals surface area contributed by atoms with Crippen LogP contribution >= 0.6 is 0 Å². The molecule has 0 bridgehead atoms. The minimum absolute atomic E-state index is 0.0986. The summed E-state index contributed by atoms with van der Waals surface area (Å²) in [7, 11) is 0. The van der Waals surface area contributed by atoms with Crippen LogP contribution in [-0.2, 0) is 11.3 Å². The second-order valence-corrected chi connectivity index (χ2v) is 6.41. The number of hydrogen-bond donors (Lipinski definition) is 1. The van der Waals surface area contributed by atoms with Crippen molar-refractivity contribution < 1.29 is 14.1 Å². The van der Waals surface area contributed by atoms with E-state index >= 15 is 0 Å². The zero-order chi connectivity index (χ0) is 19.2. The van der Waals surface area contributed by atoms with Crippen LogP contribution in [-0.4, -0.2) is 48.5 Å². The number of halogens is 1. The topological polar surface area (TPSA) is 78.7 Å². The van der Waals surface area contributed by atoms with Gasteiger partial charge in [-0.05, 0) is 23.8 Å². The number of rotatable bonds is 6. The molecule has 1 aliphatic rings. The van der Waals surface area contributed by atoms with Gasteiger partial charge in [0.1, 0.15) is 11.5 Å². The van der Waals surface area contributed by atoms with Gasteiger partial charge in [-0.3, -0.25) is 19.8 Å². The number of carbonyl (C=O) groups excluding carboxylic acids is 1. The van der Waals surface area contributed by atoms with Crippen molar-refractivity contribution in [1.82, 2.24) is 10.2 Å². The van der Waals surface area contributed by atoms with E-state index in [-0.39, 0.29) is 28.9 Å². The molecule has 0 aliphatic carbocycles. The molecule has 8 heteroatoms. The van der Waals surface area contributed by atoms with E-state index in [4.69, 9.17) is 0 Å². The molecule has 2 aromatic carbocycles. The Bertz CT molecular complexity index is 805. The standard InChI is InChI=1S/C19H21FN4O3/c20-16-7-5-15(6-8-16)13-21-19(25)14-22-9-11-23(12-10-22)17-3-1-2-4-18(17)24(26)27/h1-8H,9-14H2,(H,21,25). The number of carbonyl (C=O) groups is 1. The Labute approximate surface area is 156 Å². The highest BCUT2D eigenvalue weighted by Gasteiger charge is 2.24. The van der Waals surface area contributed by atoms with E-state index in [1.807, 2.05) is 9.80 Å². The summed E-state index contributed by atoms with van der Waals surface area (Å²) in [4.78, 5) is 26.9. The van der Waals surface area contributed by atoms with E-state index in [9.17, 15) is 19.3 Å². The third kappa shape index (κ3) is 5.01. The van der Waals surface area contributed by atoms with Crippen LogP contribution in [0.2, 0.25) is 0 Å². The van der Waals surface area contributed by atoms with Crippen molar-refractivity contribution in [3.8, 4) is 0 Å². The Balaban J connectivity index is 1.47. The summed E-state index contributed by atoms with van der Waals surface area (Å²) in [6.07, 6.45) is 0. The second kappa shape index (κ2) is 8.59. The number of nitrogens with zero attached hydrogens (tertiary/aromatic N) is 3. The van der Waals surface area contributed by atoms with Gasteiger partial charge in [-0.15, -0.1) is 0 Å². The zero-order valence-electron chi connectivity index (χ0n) is 14.8. The molecule has 2 aromatic rings. The molecule has 0 atom stereocenters. The summed E-state index contributed by atoms with van der Waals surface area (Å²) >= 11 is 0. The van der Waals surface area contributed by atoms with E-state index in [1.54, 1.807) is 30.3 Å². The molecule has 1 N–H and O–H groups in total. The van der Waals surface area contributed by atoms with E-state index < -0.39 is 0 Å². The lowest BCUT2D eigenvalue weighted by Crippen LogP contribution is -2.49. The number of nitro groups is 1. The first-order chi connectivity index (χ1) is 13.0. The molecule has 0 spiro atoms. The highest BCUT2D eigenvalue weighted by Crippen LogP contribution is 2.28. The SMILES string of the molecule is O=C(CN1CCN(c2ccccc2[N+](=O)[O-])CC1)NCc1ccc(F)cc1. The van der Waals surface area contributed by atoms with Gasteiger partial charge < -0.3 is 10.2 Å². The summed E-state index contributed by atoms with van der Waals surface area (Å²) < 4.78 is 12.9. The Hall–Kier alpha value is -3.00. The molecule has 0 aromatic heterocycles. The van der Waals surface area contributed by atoms with Crippen molar-refractivity contribution in [2.75, 3.05) is 37.6 Å². The molecule has 0 unspecified atom stereocenters. The van der Waals surface area contributed by atoms with Crippen LogP contribution in [0.15, 0.2) is 48.5 Å². The molecular formula is C19H21FN4O3. The fourth-order valence-electron chi connectivity index (χ4n) is 3.09. The highest BCUT2D eigenvalue weighted by atomic mass is 19.1. The Morgan fingerprint density at radius 1 is 1.07 bits per heavy atom. The van der Waals surface area contributed by atoms with Gasteiger partial charge in [0.25, 0.3) is 5.69 Å². The van der Waals surface area contributed by atoms with Crippen molar-refractivity contribution in [3.63, 3.8) is 0 Å². The lowest BCUT2D eigenvalue weighted by Gasteiger charge is -2.35. The number of hydrogen-bond acceptors (Lipinski definition) is 5. The Kier molecular flexibility index (Phi) is 5.97. The molecule has 1 heterocycles. The molecule has 1 aliphatic heterocycles. The van der Waals surface area contributed by atoms with E-state index in [0.29, 0.717) is 38.4 Å². The van der Waals surface area contributed by atoms with E-state index in [2.05, 4.69) is 5.32 Å². The fraction of sp³-hybridized carbons (Fsp3) is 0.316. The zero-order valence-corrected chi connectivity index (χ0v) is 14.8. The van der Waals surface area contributed by atoms with E-state index in [0.717, 1.165) is 5.56 Å². The average Bonchev–Trinajstić information content (AvgIpc) is 2.68. The summed E-state index contributed by atoms with van der Waals surface area (Å²) in [5.74, 6) is -0.403. The van der Waals surface area contributed by atoms with Gasteiger partial charge in [0, 0.05) is 38.8 Å². The van der Waals surface area contributed by atoms with Gasteiger partial charge in [-0.1, -0.05) is 24.3 Å². The number of para-hydroxylation sites is 2. The summed E-state index contributed by atoms with van der Waals surface area (Å²) in [6.45, 7) is 3.17. The van der Waals surface area contributed by atoms with Gasteiger partial charge in [0.15, 0.2) is 0 Å². The molecule has 142 valence electrons. The maximum Gasteiger partial charge on any atom is 0.292 e. The molecule has 27 heavy (non-hydrogen) atoms. The molecule has 1 amide bonds. The first-order valence-electron chi connectivity index (χ1n) is 8.75. The maximum absolute atomic E-state index is 12.9. The summed E-state index contributed by atoms with van der Waals surface area (Å²) in [6, 6.07) is 12.7. The third-order valence-corrected chi connectivity index (χ3v) is 4.56. The first kappa shape index (κ1) is 18.8.